The maximum atomic E-state index is 13.1. The Morgan fingerprint density at radius 2 is 0.816 bits per heavy atom. The van der Waals surface area contributed by atoms with Crippen molar-refractivity contribution in [3.05, 3.63) is 50.6 Å². The van der Waals surface area contributed by atoms with Gasteiger partial charge in [0.2, 0.25) is 29.5 Å². The Morgan fingerprint density at radius 1 is 0.500 bits per heavy atom. The topological polar surface area (TPSA) is 140 Å². The summed E-state index contributed by atoms with van der Waals surface area (Å²) in [6, 6.07) is 0. The van der Waals surface area contributed by atoms with Crippen LogP contribution in [0.4, 0.5) is 0 Å². The van der Waals surface area contributed by atoms with Crippen LogP contribution >= 0.6 is 0 Å². The number of rotatable bonds is 23. The van der Waals surface area contributed by atoms with Gasteiger partial charge < -0.3 is 31.1 Å². The maximum Gasteiger partial charge on any atom is 0.243 e. The highest BCUT2D eigenvalue weighted by atomic mass is 16.2. The van der Waals surface area contributed by atoms with Gasteiger partial charge in [-0.3, -0.25) is 24.0 Å². The number of carbonyl (C=O) groups excluding carboxylic acids is 5. The Labute approximate surface area is 226 Å². The lowest BCUT2D eigenvalue weighted by atomic mass is 10.2. The molecule has 0 spiro atoms. The number of carbonyl (C=O) groups is 5. The van der Waals surface area contributed by atoms with E-state index >= 15 is 0 Å². The van der Waals surface area contributed by atoms with Gasteiger partial charge in [0.25, 0.3) is 0 Å². The van der Waals surface area contributed by atoms with Crippen molar-refractivity contribution < 1.29 is 24.0 Å². The molecule has 0 bridgehead atoms. The van der Waals surface area contributed by atoms with Crippen LogP contribution in [-0.2, 0) is 24.0 Å². The summed E-state index contributed by atoms with van der Waals surface area (Å²) in [5.41, 5.74) is 0. The molecule has 0 rings (SSSR count). The van der Waals surface area contributed by atoms with Gasteiger partial charge in [-0.15, -0.1) is 0 Å². The lowest BCUT2D eigenvalue weighted by molar-refractivity contribution is -0.131. The summed E-state index contributed by atoms with van der Waals surface area (Å²) in [6.45, 7) is 18.3. The molecule has 0 saturated heterocycles. The molecular formula is C27H44N6O5. The zero-order chi connectivity index (χ0) is 28.6. The first-order valence-corrected chi connectivity index (χ1v) is 12.9. The van der Waals surface area contributed by atoms with Crippen LogP contribution in [0.3, 0.4) is 0 Å². The zero-order valence-electron chi connectivity index (χ0n) is 22.5. The Balaban J connectivity index is 4.93. The van der Waals surface area contributed by atoms with Crippen LogP contribution in [0.2, 0.25) is 0 Å². The van der Waals surface area contributed by atoms with E-state index in [2.05, 4.69) is 52.5 Å². The summed E-state index contributed by atoms with van der Waals surface area (Å²) in [7, 11) is 0. The Kier molecular flexibility index (Phi) is 20.3. The lowest BCUT2D eigenvalue weighted by Gasteiger charge is -2.26. The second-order valence-electron chi connectivity index (χ2n) is 8.37. The fourth-order valence-corrected chi connectivity index (χ4v) is 3.39. The highest BCUT2D eigenvalue weighted by Crippen LogP contribution is 2.03. The van der Waals surface area contributed by atoms with E-state index in [4.69, 9.17) is 0 Å². The first kappa shape index (κ1) is 34.3. The van der Waals surface area contributed by atoms with E-state index in [1.54, 1.807) is 4.90 Å². The molecule has 0 saturated carbocycles. The van der Waals surface area contributed by atoms with Crippen molar-refractivity contribution >= 4 is 29.5 Å². The van der Waals surface area contributed by atoms with Gasteiger partial charge in [-0.1, -0.05) is 26.3 Å². The van der Waals surface area contributed by atoms with Gasteiger partial charge in [0.1, 0.15) is 0 Å². The largest absolute Gasteiger partial charge is 0.353 e. The van der Waals surface area contributed by atoms with E-state index in [0.29, 0.717) is 84.6 Å². The number of nitrogens with zero attached hydrogens (tertiary/aromatic N) is 2. The van der Waals surface area contributed by atoms with E-state index in [1.807, 2.05) is 0 Å². The van der Waals surface area contributed by atoms with E-state index in [9.17, 15) is 24.0 Å². The minimum absolute atomic E-state index is 0.0278. The summed E-state index contributed by atoms with van der Waals surface area (Å²) in [6.07, 6.45) is 7.69. The van der Waals surface area contributed by atoms with Crippen LogP contribution < -0.4 is 21.3 Å². The summed E-state index contributed by atoms with van der Waals surface area (Å²) in [5.74, 6) is -1.02. The molecule has 0 aliphatic carbocycles. The molecule has 0 aliphatic heterocycles. The maximum absolute atomic E-state index is 13.1. The fourth-order valence-electron chi connectivity index (χ4n) is 3.39. The van der Waals surface area contributed by atoms with Crippen LogP contribution in [0.5, 0.6) is 0 Å². The van der Waals surface area contributed by atoms with Crippen molar-refractivity contribution in [1.29, 1.82) is 0 Å². The fraction of sp³-hybridized carbons (Fsp3) is 0.519. The molecule has 0 atom stereocenters. The van der Waals surface area contributed by atoms with E-state index in [1.165, 1.54) is 24.3 Å². The summed E-state index contributed by atoms with van der Waals surface area (Å²) in [5, 5.41) is 10.9. The van der Waals surface area contributed by atoms with Gasteiger partial charge in [0, 0.05) is 52.2 Å². The minimum Gasteiger partial charge on any atom is -0.353 e. The van der Waals surface area contributed by atoms with E-state index < -0.39 is 0 Å². The average molecular weight is 533 g/mol. The van der Waals surface area contributed by atoms with Crippen LogP contribution in [0, 0.1) is 0 Å². The van der Waals surface area contributed by atoms with Crippen molar-refractivity contribution in [2.75, 3.05) is 58.9 Å². The Hall–Kier alpha value is -3.73. The van der Waals surface area contributed by atoms with Gasteiger partial charge in [-0.2, -0.15) is 0 Å². The number of nitrogens with one attached hydrogen (secondary N) is 4. The molecular weight excluding hydrogens is 488 g/mol. The Bertz CT molecular complexity index is 758. The molecule has 11 nitrogen and oxygen atoms in total. The molecule has 0 aromatic heterocycles. The molecule has 0 fully saturated rings. The highest BCUT2D eigenvalue weighted by molar-refractivity contribution is 5.87. The quantitative estimate of drug-likeness (QED) is 0.110. The van der Waals surface area contributed by atoms with Crippen molar-refractivity contribution in [3.8, 4) is 0 Å². The molecule has 5 amide bonds. The molecule has 0 aliphatic rings. The minimum atomic E-state index is -0.265. The number of hydrogen-bond acceptors (Lipinski definition) is 6. The third-order valence-electron chi connectivity index (χ3n) is 5.44. The summed E-state index contributed by atoms with van der Waals surface area (Å²) < 4.78 is 0. The summed E-state index contributed by atoms with van der Waals surface area (Å²) in [4.78, 5) is 62.5. The second kappa shape index (κ2) is 22.5. The zero-order valence-corrected chi connectivity index (χ0v) is 22.5. The molecule has 0 aromatic rings. The van der Waals surface area contributed by atoms with Gasteiger partial charge in [0.15, 0.2) is 0 Å². The molecule has 212 valence electrons. The first-order valence-electron chi connectivity index (χ1n) is 12.9. The van der Waals surface area contributed by atoms with E-state index in [-0.39, 0.29) is 36.0 Å². The van der Waals surface area contributed by atoms with Gasteiger partial charge in [-0.05, 0) is 63.1 Å². The molecule has 0 aromatic carbocycles. The Morgan fingerprint density at radius 3 is 1.13 bits per heavy atom. The van der Waals surface area contributed by atoms with Crippen LogP contribution in [0.15, 0.2) is 50.6 Å². The highest BCUT2D eigenvalue weighted by Gasteiger charge is 2.15. The third kappa shape index (κ3) is 18.5. The number of hydrogen-bond donors (Lipinski definition) is 4. The van der Waals surface area contributed by atoms with Crippen molar-refractivity contribution in [2.24, 2.45) is 0 Å². The monoisotopic (exact) mass is 532 g/mol. The standard InChI is InChI=1S/C27H44N6O5/c1-5-23(34)28-14-9-18-32(19-10-15-29-24(35)6-2)22-13-27(38)33(20-11-16-30-25(36)7-3)21-12-17-31-26(37)8-4/h5-8H,1-4,9-22H2,(H,28,34)(H,29,35)(H,30,36)(H,31,37). The first-order chi connectivity index (χ1) is 18.3. The van der Waals surface area contributed by atoms with Crippen molar-refractivity contribution in [1.82, 2.24) is 31.1 Å². The lowest BCUT2D eigenvalue weighted by Crippen LogP contribution is -2.39. The molecule has 11 heteroatoms. The summed E-state index contributed by atoms with van der Waals surface area (Å²) >= 11 is 0. The molecule has 0 heterocycles. The predicted molar refractivity (Wildman–Crippen MR) is 149 cm³/mol. The van der Waals surface area contributed by atoms with Crippen LogP contribution in [0.25, 0.3) is 0 Å². The molecule has 38 heavy (non-hydrogen) atoms. The SMILES string of the molecule is C=CC(=O)NCCCN(CCCNC(=O)C=C)CCC(=O)N(CCCNC(=O)C=C)CCCNC(=O)C=C. The smallest absolute Gasteiger partial charge is 0.243 e. The number of amides is 5. The van der Waals surface area contributed by atoms with Crippen LogP contribution in [0.1, 0.15) is 32.1 Å². The van der Waals surface area contributed by atoms with Gasteiger partial charge in [-0.25, -0.2) is 0 Å². The van der Waals surface area contributed by atoms with Gasteiger partial charge in [0.05, 0.1) is 0 Å². The third-order valence-corrected chi connectivity index (χ3v) is 5.44. The van der Waals surface area contributed by atoms with E-state index in [0.717, 1.165) is 0 Å². The molecule has 0 unspecified atom stereocenters. The second-order valence-corrected chi connectivity index (χ2v) is 8.37. The van der Waals surface area contributed by atoms with Gasteiger partial charge >= 0.3 is 0 Å². The van der Waals surface area contributed by atoms with Crippen molar-refractivity contribution in [3.63, 3.8) is 0 Å². The normalized spacial score (nSPS) is 10.1. The molecule has 0 radical (unpaired) electrons. The molecule has 4 N–H and O–H groups in total. The van der Waals surface area contributed by atoms with Crippen molar-refractivity contribution in [2.45, 2.75) is 32.1 Å². The van der Waals surface area contributed by atoms with Crippen LogP contribution in [-0.4, -0.2) is 98.2 Å². The average Bonchev–Trinajstić information content (AvgIpc) is 2.93. The predicted octanol–water partition coefficient (Wildman–Crippen LogP) is 0.276.